The van der Waals surface area contributed by atoms with Crippen molar-refractivity contribution in [3.8, 4) is 0 Å². The van der Waals surface area contributed by atoms with Crippen molar-refractivity contribution in [1.29, 1.82) is 0 Å². The summed E-state index contributed by atoms with van der Waals surface area (Å²) in [4.78, 5) is 4.17. The fraction of sp³-hybridized carbons (Fsp3) is 0.250. The van der Waals surface area contributed by atoms with E-state index in [4.69, 9.17) is 11.5 Å². The minimum absolute atomic E-state index is 0.394. The number of allylic oxidation sites excluding steroid dienone is 1. The maximum atomic E-state index is 6.28. The molecule has 1 aromatic carbocycles. The average Bonchev–Trinajstić information content (AvgIpc) is 2.25. The lowest BCUT2D eigenvalue weighted by Gasteiger charge is -2.32. The molecule has 1 aliphatic rings. The van der Waals surface area contributed by atoms with E-state index in [1.807, 2.05) is 36.4 Å². The molecule has 84 valence electrons. The fourth-order valence-corrected chi connectivity index (χ4v) is 2.32. The number of benzene rings is 1. The number of hydrogen-bond donors (Lipinski definition) is 2. The van der Waals surface area contributed by atoms with E-state index in [1.54, 1.807) is 6.21 Å². The van der Waals surface area contributed by atoms with E-state index in [0.29, 0.717) is 6.42 Å². The van der Waals surface area contributed by atoms with Crippen LogP contribution in [0.25, 0.3) is 0 Å². The maximum absolute atomic E-state index is 6.28. The van der Waals surface area contributed by atoms with Gasteiger partial charge in [-0.15, -0.1) is 0 Å². The van der Waals surface area contributed by atoms with Gasteiger partial charge >= 0.3 is 0 Å². The van der Waals surface area contributed by atoms with Gasteiger partial charge in [0.15, 0.2) is 0 Å². The lowest BCUT2D eigenvalue weighted by molar-refractivity contribution is 0.425. The van der Waals surface area contributed by atoms with Crippen LogP contribution in [-0.2, 0) is 6.42 Å². The highest BCUT2D eigenvalue weighted by molar-refractivity contribution is 9.12. The predicted molar refractivity (Wildman–Crippen MR) is 70.5 cm³/mol. The second-order valence-corrected chi connectivity index (χ2v) is 4.94. The standard InChI is InChI=1S/C12H14BrN3/c13-10-7-12(15,11(14)16-8-10)6-9-4-2-1-3-5-9/h1-5,7-8,11H,6,14-15H2. The first-order valence-corrected chi connectivity index (χ1v) is 5.89. The molecule has 1 aromatic rings. The average molecular weight is 280 g/mol. The molecule has 2 atom stereocenters. The van der Waals surface area contributed by atoms with Crippen LogP contribution in [-0.4, -0.2) is 17.9 Å². The Morgan fingerprint density at radius 1 is 1.31 bits per heavy atom. The molecule has 0 saturated heterocycles. The monoisotopic (exact) mass is 279 g/mol. The molecule has 0 radical (unpaired) electrons. The van der Waals surface area contributed by atoms with Crippen LogP contribution >= 0.6 is 15.9 Å². The Labute approximate surface area is 103 Å². The lowest BCUT2D eigenvalue weighted by Crippen LogP contribution is -2.55. The van der Waals surface area contributed by atoms with E-state index < -0.39 is 11.7 Å². The van der Waals surface area contributed by atoms with Gasteiger partial charge in [0.1, 0.15) is 6.17 Å². The highest BCUT2D eigenvalue weighted by Crippen LogP contribution is 2.23. The van der Waals surface area contributed by atoms with Gasteiger partial charge in [-0.1, -0.05) is 30.3 Å². The summed E-state index contributed by atoms with van der Waals surface area (Å²) >= 11 is 3.38. The van der Waals surface area contributed by atoms with Gasteiger partial charge in [-0.3, -0.25) is 4.99 Å². The molecule has 0 fully saturated rings. The topological polar surface area (TPSA) is 64.4 Å². The normalized spacial score (nSPS) is 28.9. The summed E-state index contributed by atoms with van der Waals surface area (Å²) in [6, 6.07) is 10.1. The van der Waals surface area contributed by atoms with Gasteiger partial charge in [-0.05, 0) is 34.0 Å². The van der Waals surface area contributed by atoms with Gasteiger partial charge in [-0.2, -0.15) is 0 Å². The summed E-state index contributed by atoms with van der Waals surface area (Å²) in [5, 5.41) is 0. The zero-order valence-electron chi connectivity index (χ0n) is 8.81. The Balaban J connectivity index is 2.23. The minimum atomic E-state index is -0.616. The molecular formula is C12H14BrN3. The van der Waals surface area contributed by atoms with E-state index in [0.717, 1.165) is 10.0 Å². The number of hydrogen-bond acceptors (Lipinski definition) is 3. The largest absolute Gasteiger partial charge is 0.319 e. The summed E-state index contributed by atoms with van der Waals surface area (Å²) in [7, 11) is 0. The molecule has 0 saturated carbocycles. The van der Waals surface area contributed by atoms with E-state index >= 15 is 0 Å². The van der Waals surface area contributed by atoms with Gasteiger partial charge < -0.3 is 11.5 Å². The Bertz CT molecular complexity index is 427. The van der Waals surface area contributed by atoms with E-state index in [1.165, 1.54) is 0 Å². The Morgan fingerprint density at radius 2 is 2.00 bits per heavy atom. The molecule has 0 amide bonds. The molecule has 4 N–H and O–H groups in total. The Morgan fingerprint density at radius 3 is 2.69 bits per heavy atom. The van der Waals surface area contributed by atoms with Crippen molar-refractivity contribution in [2.24, 2.45) is 16.5 Å². The van der Waals surface area contributed by atoms with Crippen molar-refractivity contribution >= 4 is 22.1 Å². The van der Waals surface area contributed by atoms with Crippen LogP contribution in [0.2, 0.25) is 0 Å². The quantitative estimate of drug-likeness (QED) is 0.863. The van der Waals surface area contributed by atoms with Crippen LogP contribution in [0.1, 0.15) is 5.56 Å². The molecule has 1 aliphatic heterocycles. The third-order valence-electron chi connectivity index (χ3n) is 2.67. The van der Waals surface area contributed by atoms with E-state index in [9.17, 15) is 0 Å². The van der Waals surface area contributed by atoms with Crippen LogP contribution in [0.4, 0.5) is 0 Å². The fourth-order valence-electron chi connectivity index (χ4n) is 1.77. The third kappa shape index (κ3) is 2.40. The molecule has 0 aliphatic carbocycles. The van der Waals surface area contributed by atoms with Gasteiger partial charge in [0, 0.05) is 10.7 Å². The number of halogens is 1. The maximum Gasteiger partial charge on any atom is 0.119 e. The van der Waals surface area contributed by atoms with Gasteiger partial charge in [0.25, 0.3) is 0 Å². The number of dihydropyridines is 1. The molecule has 0 bridgehead atoms. The molecule has 0 spiro atoms. The first kappa shape index (κ1) is 11.5. The predicted octanol–water partition coefficient (Wildman–Crippen LogP) is 1.57. The Hall–Kier alpha value is -0.970. The molecule has 0 aromatic heterocycles. The van der Waals surface area contributed by atoms with Crippen molar-refractivity contribution in [3.05, 3.63) is 46.5 Å². The third-order valence-corrected chi connectivity index (χ3v) is 3.10. The second kappa shape index (κ2) is 4.49. The highest BCUT2D eigenvalue weighted by atomic mass is 79.9. The van der Waals surface area contributed by atoms with Crippen molar-refractivity contribution < 1.29 is 0 Å². The van der Waals surface area contributed by atoms with E-state index in [-0.39, 0.29) is 0 Å². The number of nitrogens with two attached hydrogens (primary N) is 2. The first-order valence-electron chi connectivity index (χ1n) is 5.10. The van der Waals surface area contributed by atoms with Crippen LogP contribution in [0.5, 0.6) is 0 Å². The molecule has 16 heavy (non-hydrogen) atoms. The van der Waals surface area contributed by atoms with Gasteiger partial charge in [0.2, 0.25) is 0 Å². The van der Waals surface area contributed by atoms with Crippen molar-refractivity contribution in [3.63, 3.8) is 0 Å². The van der Waals surface area contributed by atoms with Crippen molar-refractivity contribution in [2.45, 2.75) is 18.1 Å². The summed E-state index contributed by atoms with van der Waals surface area (Å²) < 4.78 is 0.882. The van der Waals surface area contributed by atoms with Gasteiger partial charge in [-0.25, -0.2) is 0 Å². The summed E-state index contributed by atoms with van der Waals surface area (Å²) in [6.07, 6.45) is 3.91. The summed E-state index contributed by atoms with van der Waals surface area (Å²) in [5.41, 5.74) is 12.8. The van der Waals surface area contributed by atoms with Crippen LogP contribution < -0.4 is 11.5 Å². The van der Waals surface area contributed by atoms with Crippen LogP contribution in [0, 0.1) is 0 Å². The van der Waals surface area contributed by atoms with Crippen LogP contribution in [0.3, 0.4) is 0 Å². The SMILES string of the molecule is NC1N=CC(Br)=CC1(N)Cc1ccccc1. The molecule has 1 heterocycles. The van der Waals surface area contributed by atoms with Crippen molar-refractivity contribution in [2.75, 3.05) is 0 Å². The van der Waals surface area contributed by atoms with Crippen LogP contribution in [0.15, 0.2) is 45.9 Å². The smallest absolute Gasteiger partial charge is 0.119 e. The zero-order chi connectivity index (χ0) is 11.6. The first-order chi connectivity index (χ1) is 7.60. The lowest BCUT2D eigenvalue weighted by atomic mass is 9.87. The Kier molecular flexibility index (Phi) is 3.23. The number of rotatable bonds is 2. The zero-order valence-corrected chi connectivity index (χ0v) is 10.4. The second-order valence-electron chi connectivity index (χ2n) is 4.03. The summed E-state index contributed by atoms with van der Waals surface area (Å²) in [6.45, 7) is 0. The molecule has 3 nitrogen and oxygen atoms in total. The molecule has 2 rings (SSSR count). The molecule has 4 heteroatoms. The number of aliphatic imine (C=N–C) groups is 1. The molecule has 2 unspecified atom stereocenters. The summed E-state index contributed by atoms with van der Waals surface area (Å²) in [5.74, 6) is 0. The van der Waals surface area contributed by atoms with Gasteiger partial charge in [0.05, 0.1) is 5.54 Å². The minimum Gasteiger partial charge on any atom is -0.319 e. The molecular weight excluding hydrogens is 266 g/mol. The number of nitrogens with zero attached hydrogens (tertiary/aromatic N) is 1. The van der Waals surface area contributed by atoms with E-state index in [2.05, 4.69) is 20.9 Å². The van der Waals surface area contributed by atoms with Crippen molar-refractivity contribution in [1.82, 2.24) is 0 Å². The highest BCUT2D eigenvalue weighted by Gasteiger charge is 2.32.